The van der Waals surface area contributed by atoms with Gasteiger partial charge >= 0.3 is 0 Å². The lowest BCUT2D eigenvalue weighted by Crippen LogP contribution is -2.26. The number of aromatic nitrogens is 3. The molecule has 2 heterocycles. The van der Waals surface area contributed by atoms with Gasteiger partial charge in [0.2, 0.25) is 0 Å². The highest BCUT2D eigenvalue weighted by Gasteiger charge is 2.31. The summed E-state index contributed by atoms with van der Waals surface area (Å²) in [7, 11) is 0. The lowest BCUT2D eigenvalue weighted by atomic mass is 9.81. The first-order valence-corrected chi connectivity index (χ1v) is 6.99. The summed E-state index contributed by atoms with van der Waals surface area (Å²) < 4.78 is 2.26. The van der Waals surface area contributed by atoms with Gasteiger partial charge in [0.25, 0.3) is 0 Å². The molecule has 0 aromatic carbocycles. The first-order valence-electron chi connectivity index (χ1n) is 6.55. The first-order chi connectivity index (χ1) is 8.58. The van der Waals surface area contributed by atoms with Crippen LogP contribution in [-0.4, -0.2) is 14.5 Å². The van der Waals surface area contributed by atoms with Crippen LogP contribution in [0.3, 0.4) is 0 Å². The molecule has 0 bridgehead atoms. The predicted molar refractivity (Wildman–Crippen MR) is 74.0 cm³/mol. The summed E-state index contributed by atoms with van der Waals surface area (Å²) >= 11 is 6.28. The molecular weight excluding hydrogens is 246 g/mol. The standard InChI is InChI=1S/C14H18ClN3/c1-8-6-11(7-8)18-13(10(3)15)17-12-9(2)4-5-16-14(12)18/h4-5,8,10-11H,6-7H2,1-3H3. The van der Waals surface area contributed by atoms with Crippen molar-refractivity contribution in [3.05, 3.63) is 23.7 Å². The number of fused-ring (bicyclic) bond motifs is 1. The molecule has 2 aromatic heterocycles. The number of imidazole rings is 1. The Morgan fingerprint density at radius 3 is 2.78 bits per heavy atom. The molecule has 0 aliphatic heterocycles. The number of hydrogen-bond donors (Lipinski definition) is 0. The van der Waals surface area contributed by atoms with Crippen molar-refractivity contribution in [2.45, 2.75) is 45.0 Å². The molecule has 1 aliphatic rings. The number of alkyl halides is 1. The monoisotopic (exact) mass is 263 g/mol. The van der Waals surface area contributed by atoms with Gasteiger partial charge in [0.05, 0.1) is 5.38 Å². The van der Waals surface area contributed by atoms with E-state index in [9.17, 15) is 0 Å². The molecule has 4 heteroatoms. The average molecular weight is 264 g/mol. The molecule has 1 aliphatic carbocycles. The third-order valence-corrected chi connectivity index (χ3v) is 4.07. The molecule has 0 radical (unpaired) electrons. The summed E-state index contributed by atoms with van der Waals surface area (Å²) in [6.07, 6.45) is 4.27. The number of aryl methyl sites for hydroxylation is 1. The van der Waals surface area contributed by atoms with E-state index in [0.29, 0.717) is 6.04 Å². The molecule has 3 nitrogen and oxygen atoms in total. The highest BCUT2D eigenvalue weighted by Crippen LogP contribution is 2.41. The first kappa shape index (κ1) is 12.0. The predicted octanol–water partition coefficient (Wildman–Crippen LogP) is 4.01. The molecule has 18 heavy (non-hydrogen) atoms. The van der Waals surface area contributed by atoms with Crippen LogP contribution in [0.5, 0.6) is 0 Å². The molecular formula is C14H18ClN3. The lowest BCUT2D eigenvalue weighted by molar-refractivity contribution is 0.215. The molecule has 0 saturated heterocycles. The van der Waals surface area contributed by atoms with Crippen LogP contribution < -0.4 is 0 Å². The summed E-state index contributed by atoms with van der Waals surface area (Å²) in [6.45, 7) is 6.35. The van der Waals surface area contributed by atoms with Crippen molar-refractivity contribution in [3.63, 3.8) is 0 Å². The van der Waals surface area contributed by atoms with Gasteiger partial charge in [-0.05, 0) is 44.2 Å². The van der Waals surface area contributed by atoms with E-state index in [4.69, 9.17) is 16.6 Å². The Kier molecular flexibility index (Phi) is 2.81. The zero-order valence-corrected chi connectivity index (χ0v) is 11.8. The van der Waals surface area contributed by atoms with Gasteiger partial charge in [-0.3, -0.25) is 0 Å². The Morgan fingerprint density at radius 1 is 1.44 bits per heavy atom. The highest BCUT2D eigenvalue weighted by atomic mass is 35.5. The van der Waals surface area contributed by atoms with Crippen molar-refractivity contribution in [1.29, 1.82) is 0 Å². The molecule has 0 N–H and O–H groups in total. The number of nitrogens with zero attached hydrogens (tertiary/aromatic N) is 3. The van der Waals surface area contributed by atoms with Crippen LogP contribution in [0.4, 0.5) is 0 Å². The highest BCUT2D eigenvalue weighted by molar-refractivity contribution is 6.20. The molecule has 0 spiro atoms. The zero-order valence-electron chi connectivity index (χ0n) is 11.0. The fourth-order valence-electron chi connectivity index (χ4n) is 2.84. The van der Waals surface area contributed by atoms with Gasteiger partial charge < -0.3 is 4.57 Å². The van der Waals surface area contributed by atoms with Crippen LogP contribution in [0.1, 0.15) is 49.5 Å². The van der Waals surface area contributed by atoms with E-state index >= 15 is 0 Å². The molecule has 1 unspecified atom stereocenters. The quantitative estimate of drug-likeness (QED) is 0.767. The molecule has 0 amide bonds. The van der Waals surface area contributed by atoms with Gasteiger partial charge in [-0.15, -0.1) is 11.6 Å². The zero-order chi connectivity index (χ0) is 12.9. The fraction of sp³-hybridized carbons (Fsp3) is 0.571. The molecule has 96 valence electrons. The summed E-state index contributed by atoms with van der Waals surface area (Å²) in [5, 5.41) is -0.0745. The SMILES string of the molecule is Cc1ccnc2c1nc(C(C)Cl)n2C1CC(C)C1. The summed E-state index contributed by atoms with van der Waals surface area (Å²) in [6, 6.07) is 2.53. The largest absolute Gasteiger partial charge is 0.308 e. The van der Waals surface area contributed by atoms with Crippen molar-refractivity contribution in [3.8, 4) is 0 Å². The van der Waals surface area contributed by atoms with Crippen molar-refractivity contribution < 1.29 is 0 Å². The molecule has 1 saturated carbocycles. The maximum atomic E-state index is 6.28. The van der Waals surface area contributed by atoms with E-state index in [1.54, 1.807) is 0 Å². The van der Waals surface area contributed by atoms with E-state index in [0.717, 1.165) is 22.9 Å². The maximum Gasteiger partial charge on any atom is 0.160 e. The van der Waals surface area contributed by atoms with Crippen molar-refractivity contribution >= 4 is 22.8 Å². The Balaban J connectivity index is 2.19. The van der Waals surface area contributed by atoms with Crippen molar-refractivity contribution in [2.24, 2.45) is 5.92 Å². The lowest BCUT2D eigenvalue weighted by Gasteiger charge is -2.35. The van der Waals surface area contributed by atoms with Gasteiger partial charge in [-0.1, -0.05) is 6.92 Å². The summed E-state index contributed by atoms with van der Waals surface area (Å²) in [5.74, 6) is 1.76. The van der Waals surface area contributed by atoms with Crippen molar-refractivity contribution in [2.75, 3.05) is 0 Å². The van der Waals surface area contributed by atoms with Crippen LogP contribution in [0.15, 0.2) is 12.3 Å². The van der Waals surface area contributed by atoms with E-state index in [-0.39, 0.29) is 5.38 Å². The van der Waals surface area contributed by atoms with E-state index < -0.39 is 0 Å². The number of rotatable bonds is 2. The van der Waals surface area contributed by atoms with Gasteiger partial charge in [0, 0.05) is 12.2 Å². The van der Waals surface area contributed by atoms with Crippen LogP contribution >= 0.6 is 11.6 Å². The third kappa shape index (κ3) is 1.72. The summed E-state index contributed by atoms with van der Waals surface area (Å²) in [4.78, 5) is 9.22. The molecule has 3 rings (SSSR count). The van der Waals surface area contributed by atoms with Crippen LogP contribution in [0.2, 0.25) is 0 Å². The Morgan fingerprint density at radius 2 is 2.17 bits per heavy atom. The average Bonchev–Trinajstić information content (AvgIpc) is 2.65. The Hall–Kier alpha value is -1.09. The van der Waals surface area contributed by atoms with Gasteiger partial charge in [0.1, 0.15) is 11.3 Å². The number of pyridine rings is 1. The summed E-state index contributed by atoms with van der Waals surface area (Å²) in [5.41, 5.74) is 3.17. The van der Waals surface area contributed by atoms with E-state index in [1.807, 2.05) is 19.2 Å². The Bertz CT molecular complexity index is 582. The minimum absolute atomic E-state index is 0.0745. The second-order valence-corrected chi connectivity index (χ2v) is 6.14. The second-order valence-electron chi connectivity index (χ2n) is 5.49. The molecule has 1 fully saturated rings. The minimum atomic E-state index is -0.0745. The van der Waals surface area contributed by atoms with Crippen LogP contribution in [0, 0.1) is 12.8 Å². The van der Waals surface area contributed by atoms with Crippen LogP contribution in [0.25, 0.3) is 11.2 Å². The number of halogens is 1. The minimum Gasteiger partial charge on any atom is -0.308 e. The second kappa shape index (κ2) is 4.23. The van der Waals surface area contributed by atoms with E-state index in [2.05, 4.69) is 23.4 Å². The van der Waals surface area contributed by atoms with Gasteiger partial charge in [-0.2, -0.15) is 0 Å². The Labute approximate surface area is 112 Å². The van der Waals surface area contributed by atoms with E-state index in [1.165, 1.54) is 18.4 Å². The fourth-order valence-corrected chi connectivity index (χ4v) is 2.99. The third-order valence-electron chi connectivity index (χ3n) is 3.88. The number of hydrogen-bond acceptors (Lipinski definition) is 2. The van der Waals surface area contributed by atoms with Crippen molar-refractivity contribution in [1.82, 2.24) is 14.5 Å². The normalized spacial score (nSPS) is 25.1. The molecule has 1 atom stereocenters. The maximum absolute atomic E-state index is 6.28. The smallest absolute Gasteiger partial charge is 0.160 e. The van der Waals surface area contributed by atoms with Gasteiger partial charge in [-0.25, -0.2) is 9.97 Å². The van der Waals surface area contributed by atoms with Gasteiger partial charge in [0.15, 0.2) is 5.65 Å². The van der Waals surface area contributed by atoms with Crippen LogP contribution in [-0.2, 0) is 0 Å². The molecule has 2 aromatic rings. The topological polar surface area (TPSA) is 30.7 Å².